The van der Waals surface area contributed by atoms with Crippen molar-refractivity contribution < 1.29 is 31.5 Å². The monoisotopic (exact) mass is 612 g/mol. The van der Waals surface area contributed by atoms with Crippen LogP contribution in [-0.2, 0) is 21.9 Å². The summed E-state index contributed by atoms with van der Waals surface area (Å²) in [7, 11) is -1.61. The number of hydrogen-bond donors (Lipinski definition) is 3. The maximum absolute atomic E-state index is 13.5. The summed E-state index contributed by atoms with van der Waals surface area (Å²) in [6, 6.07) is 19.4. The van der Waals surface area contributed by atoms with Crippen molar-refractivity contribution in [3.63, 3.8) is 0 Å². The highest BCUT2D eigenvalue weighted by Gasteiger charge is 2.38. The van der Waals surface area contributed by atoms with Gasteiger partial charge in [-0.05, 0) is 47.3 Å². The van der Waals surface area contributed by atoms with Crippen molar-refractivity contribution in [3.8, 4) is 11.1 Å². The molecular formula is C29H27F3N6O4S. The number of aliphatic carboxylic acids is 1. The Labute approximate surface area is 244 Å². The summed E-state index contributed by atoms with van der Waals surface area (Å²) >= 11 is 0. The molecule has 6 rings (SSSR count). The van der Waals surface area contributed by atoms with E-state index in [4.69, 9.17) is 9.90 Å². The third-order valence-corrected chi connectivity index (χ3v) is 8.83. The molecule has 10 nitrogen and oxygen atoms in total. The van der Waals surface area contributed by atoms with Crippen LogP contribution in [0.15, 0.2) is 84.1 Å². The van der Waals surface area contributed by atoms with E-state index in [2.05, 4.69) is 49.4 Å². The van der Waals surface area contributed by atoms with E-state index in [1.165, 1.54) is 4.31 Å². The number of alkyl halides is 3. The quantitative estimate of drug-likeness (QED) is 0.259. The van der Waals surface area contributed by atoms with Crippen LogP contribution < -0.4 is 10.6 Å². The molecule has 3 aromatic carbocycles. The minimum absolute atomic E-state index is 0.262. The summed E-state index contributed by atoms with van der Waals surface area (Å²) in [6.45, 7) is 2.20. The fraction of sp³-hybridized carbons (Fsp3) is 0.207. The van der Waals surface area contributed by atoms with Crippen LogP contribution in [0.4, 0.5) is 24.5 Å². The van der Waals surface area contributed by atoms with Gasteiger partial charge in [-0.15, -0.1) is 0 Å². The Balaban J connectivity index is 0.000000472. The number of para-hydroxylation sites is 1. The zero-order valence-corrected chi connectivity index (χ0v) is 23.7. The number of hydrogen-bond acceptors (Lipinski definition) is 7. The van der Waals surface area contributed by atoms with Gasteiger partial charge in [0.1, 0.15) is 4.90 Å². The number of anilines is 2. The molecule has 3 N–H and O–H groups in total. The standard InChI is InChI=1S/C27H26N6O2S.C2HF3O2/c1-32-13-8-19-6-7-20(16-25(19)32)22-17-21(18-24-27(22)30-10-9-29-24)31-23-4-2-3-5-26(23)36(34,35)33-14-11-28-12-15-33;3-2(4,5)1(6)7/h2-10,13,16-18,28,31H,11-12,14-15H2,1H3;(H,6,7). The second-order valence-corrected chi connectivity index (χ2v) is 11.6. The first-order chi connectivity index (χ1) is 20.4. The molecule has 14 heteroatoms. The lowest BCUT2D eigenvalue weighted by Gasteiger charge is -2.27. The highest BCUT2D eigenvalue weighted by molar-refractivity contribution is 7.89. The molecule has 0 saturated carbocycles. The summed E-state index contributed by atoms with van der Waals surface area (Å²) in [6.07, 6.45) is 0.314. The number of nitrogens with one attached hydrogen (secondary N) is 2. The first-order valence-electron chi connectivity index (χ1n) is 13.1. The van der Waals surface area contributed by atoms with Crippen molar-refractivity contribution in [3.05, 3.63) is 79.3 Å². The Morgan fingerprint density at radius 2 is 1.70 bits per heavy atom. The third kappa shape index (κ3) is 6.45. The number of aromatic nitrogens is 3. The number of halogens is 3. The van der Waals surface area contributed by atoms with Crippen molar-refractivity contribution in [2.24, 2.45) is 7.05 Å². The Morgan fingerprint density at radius 3 is 2.42 bits per heavy atom. The van der Waals surface area contributed by atoms with Gasteiger partial charge in [0.2, 0.25) is 10.0 Å². The van der Waals surface area contributed by atoms with Gasteiger partial charge in [0.05, 0.1) is 16.7 Å². The predicted octanol–water partition coefficient (Wildman–Crippen LogP) is 4.76. The second-order valence-electron chi connectivity index (χ2n) is 9.73. The van der Waals surface area contributed by atoms with E-state index >= 15 is 0 Å². The van der Waals surface area contributed by atoms with E-state index in [9.17, 15) is 21.6 Å². The Morgan fingerprint density at radius 1 is 1.00 bits per heavy atom. The van der Waals surface area contributed by atoms with Crippen molar-refractivity contribution in [2.75, 3.05) is 31.5 Å². The average molecular weight is 613 g/mol. The summed E-state index contributed by atoms with van der Waals surface area (Å²) in [4.78, 5) is 18.3. The van der Waals surface area contributed by atoms with Gasteiger partial charge < -0.3 is 20.3 Å². The lowest BCUT2D eigenvalue weighted by molar-refractivity contribution is -0.192. The summed E-state index contributed by atoms with van der Waals surface area (Å²) in [5.41, 5.74) is 5.85. The molecule has 0 bridgehead atoms. The van der Waals surface area contributed by atoms with E-state index in [1.54, 1.807) is 30.6 Å². The van der Waals surface area contributed by atoms with E-state index < -0.39 is 22.2 Å². The molecule has 0 amide bonds. The molecule has 0 radical (unpaired) electrons. The molecular weight excluding hydrogens is 585 g/mol. The number of benzene rings is 3. The number of carboxylic acids is 1. The maximum atomic E-state index is 13.5. The molecule has 1 saturated heterocycles. The maximum Gasteiger partial charge on any atom is 0.490 e. The SMILES string of the molecule is Cn1ccc2ccc(-c3cc(Nc4ccccc4S(=O)(=O)N4CCNCC4)cc4nccnc34)cc21.O=C(O)C(F)(F)F. The van der Waals surface area contributed by atoms with Gasteiger partial charge >= 0.3 is 12.1 Å². The number of rotatable bonds is 5. The van der Waals surface area contributed by atoms with Crippen LogP contribution in [0, 0.1) is 0 Å². The first kappa shape index (κ1) is 29.9. The fourth-order valence-electron chi connectivity index (χ4n) is 4.77. The van der Waals surface area contributed by atoms with Gasteiger partial charge in [0.15, 0.2) is 0 Å². The van der Waals surface area contributed by atoms with Gasteiger partial charge in [0.25, 0.3) is 0 Å². The van der Waals surface area contributed by atoms with Crippen LogP contribution in [0.3, 0.4) is 0 Å². The van der Waals surface area contributed by atoms with Crippen molar-refractivity contribution in [2.45, 2.75) is 11.1 Å². The molecule has 1 fully saturated rings. The summed E-state index contributed by atoms with van der Waals surface area (Å²) < 4.78 is 62.3. The predicted molar refractivity (Wildman–Crippen MR) is 156 cm³/mol. The van der Waals surface area contributed by atoms with Crippen LogP contribution in [0.5, 0.6) is 0 Å². The number of piperazine rings is 1. The minimum atomic E-state index is -5.08. The van der Waals surface area contributed by atoms with Crippen molar-refractivity contribution >= 4 is 49.3 Å². The first-order valence-corrected chi connectivity index (χ1v) is 14.6. The zero-order valence-electron chi connectivity index (χ0n) is 22.8. The molecule has 0 atom stereocenters. The Hall–Kier alpha value is -4.53. The largest absolute Gasteiger partial charge is 0.490 e. The number of sulfonamides is 1. The molecule has 0 aliphatic carbocycles. The van der Waals surface area contributed by atoms with Crippen LogP contribution >= 0.6 is 0 Å². The number of aryl methyl sites for hydroxylation is 1. The van der Waals surface area contributed by atoms with Gasteiger partial charge in [-0.1, -0.05) is 24.3 Å². The summed E-state index contributed by atoms with van der Waals surface area (Å²) in [5, 5.41) is 14.9. The molecule has 3 heterocycles. The molecule has 0 spiro atoms. The molecule has 224 valence electrons. The normalized spacial score (nSPS) is 14.3. The fourth-order valence-corrected chi connectivity index (χ4v) is 6.36. The Kier molecular flexibility index (Phi) is 8.35. The smallest absolute Gasteiger partial charge is 0.475 e. The highest BCUT2D eigenvalue weighted by atomic mass is 32.2. The van der Waals surface area contributed by atoms with Crippen LogP contribution in [0.2, 0.25) is 0 Å². The molecule has 0 unspecified atom stereocenters. The number of nitrogens with zero attached hydrogens (tertiary/aromatic N) is 4. The zero-order chi connectivity index (χ0) is 30.8. The summed E-state index contributed by atoms with van der Waals surface area (Å²) in [5.74, 6) is -2.76. The van der Waals surface area contributed by atoms with Crippen LogP contribution in [-0.4, -0.2) is 70.7 Å². The number of carbonyl (C=O) groups is 1. The third-order valence-electron chi connectivity index (χ3n) is 6.88. The number of carboxylic acid groups (broad SMARTS) is 1. The van der Waals surface area contributed by atoms with Crippen LogP contribution in [0.25, 0.3) is 33.1 Å². The average Bonchev–Trinajstić information content (AvgIpc) is 3.37. The van der Waals surface area contributed by atoms with Gasteiger partial charge in [-0.25, -0.2) is 13.2 Å². The van der Waals surface area contributed by atoms with Crippen molar-refractivity contribution in [1.29, 1.82) is 0 Å². The van der Waals surface area contributed by atoms with E-state index in [1.807, 2.05) is 31.4 Å². The minimum Gasteiger partial charge on any atom is -0.475 e. The lowest BCUT2D eigenvalue weighted by atomic mass is 10.0. The molecule has 2 aromatic heterocycles. The van der Waals surface area contributed by atoms with E-state index in [-0.39, 0.29) is 4.90 Å². The topological polar surface area (TPSA) is 129 Å². The molecule has 1 aliphatic rings. The molecule has 1 aliphatic heterocycles. The van der Waals surface area contributed by atoms with Crippen molar-refractivity contribution in [1.82, 2.24) is 24.2 Å². The number of fused-ring (bicyclic) bond motifs is 2. The van der Waals surface area contributed by atoms with E-state index in [0.717, 1.165) is 38.8 Å². The van der Waals surface area contributed by atoms with Crippen LogP contribution in [0.1, 0.15) is 0 Å². The Bertz CT molecular complexity index is 1900. The molecule has 43 heavy (non-hydrogen) atoms. The highest BCUT2D eigenvalue weighted by Crippen LogP contribution is 2.34. The lowest BCUT2D eigenvalue weighted by Crippen LogP contribution is -2.46. The second kappa shape index (κ2) is 12.0. The molecule has 5 aromatic rings. The van der Waals surface area contributed by atoms with Gasteiger partial charge in [-0.2, -0.15) is 17.5 Å². The van der Waals surface area contributed by atoms with E-state index in [0.29, 0.717) is 31.9 Å². The van der Waals surface area contributed by atoms with Gasteiger partial charge in [-0.3, -0.25) is 9.97 Å². The van der Waals surface area contributed by atoms with Gasteiger partial charge in [0, 0.05) is 68.6 Å².